The lowest BCUT2D eigenvalue weighted by molar-refractivity contribution is -0.104. The number of aromatic hydroxyl groups is 1. The average Bonchev–Trinajstić information content (AvgIpc) is 2.40. The second kappa shape index (κ2) is 10.9. The van der Waals surface area contributed by atoms with E-state index < -0.39 is 0 Å². The molecule has 0 amide bonds. The van der Waals surface area contributed by atoms with Gasteiger partial charge in [-0.15, -0.1) is 0 Å². The van der Waals surface area contributed by atoms with Crippen molar-refractivity contribution in [1.82, 2.24) is 0 Å². The highest BCUT2D eigenvalue weighted by molar-refractivity contribution is 5.65. The van der Waals surface area contributed by atoms with Crippen LogP contribution in [0.25, 0.3) is 0 Å². The molecule has 0 aliphatic heterocycles. The summed E-state index contributed by atoms with van der Waals surface area (Å²) < 4.78 is 4.79. The van der Waals surface area contributed by atoms with E-state index in [1.165, 1.54) is 12.7 Å². The number of para-hydroxylation sites is 2. The molecule has 3 heteroatoms. The molecule has 0 aliphatic carbocycles. The number of rotatable bonds is 5. The van der Waals surface area contributed by atoms with Gasteiger partial charge in [0.1, 0.15) is 6.29 Å². The van der Waals surface area contributed by atoms with Crippen molar-refractivity contribution in [3.63, 3.8) is 0 Å². The SMILES string of the molecule is CC(C)=CCC/C(C)=C/C=O.COc1ccccc1O. The van der Waals surface area contributed by atoms with E-state index in [1.54, 1.807) is 30.3 Å². The predicted octanol–water partition coefficient (Wildman–Crippen LogP) is 4.28. The van der Waals surface area contributed by atoms with Crippen LogP contribution in [0.3, 0.4) is 0 Å². The van der Waals surface area contributed by atoms with E-state index in [0.29, 0.717) is 5.75 Å². The van der Waals surface area contributed by atoms with E-state index in [-0.39, 0.29) is 5.75 Å². The third-order valence-electron chi connectivity index (χ3n) is 2.53. The zero-order valence-electron chi connectivity index (χ0n) is 12.7. The van der Waals surface area contributed by atoms with Crippen LogP contribution in [0.5, 0.6) is 11.5 Å². The Labute approximate surface area is 121 Å². The highest BCUT2D eigenvalue weighted by Gasteiger charge is 1.94. The molecule has 0 saturated carbocycles. The first-order valence-electron chi connectivity index (χ1n) is 6.57. The lowest BCUT2D eigenvalue weighted by Gasteiger charge is -1.99. The van der Waals surface area contributed by atoms with Gasteiger partial charge in [0.2, 0.25) is 0 Å². The molecule has 1 N–H and O–H groups in total. The molecule has 0 aliphatic rings. The van der Waals surface area contributed by atoms with E-state index >= 15 is 0 Å². The largest absolute Gasteiger partial charge is 0.504 e. The fourth-order valence-corrected chi connectivity index (χ4v) is 1.42. The second-order valence-electron chi connectivity index (χ2n) is 4.64. The van der Waals surface area contributed by atoms with Crippen molar-refractivity contribution < 1.29 is 14.6 Å². The fraction of sp³-hybridized carbons (Fsp3) is 0.353. The van der Waals surface area contributed by atoms with Crippen LogP contribution in [-0.4, -0.2) is 18.5 Å². The van der Waals surface area contributed by atoms with Gasteiger partial charge in [-0.1, -0.05) is 29.4 Å². The van der Waals surface area contributed by atoms with Crippen LogP contribution in [0.4, 0.5) is 0 Å². The van der Waals surface area contributed by atoms with Crippen LogP contribution in [0, 0.1) is 0 Å². The fourth-order valence-electron chi connectivity index (χ4n) is 1.42. The molecule has 110 valence electrons. The van der Waals surface area contributed by atoms with E-state index in [9.17, 15) is 4.79 Å². The number of phenols is 1. The number of phenolic OH excluding ortho intramolecular Hbond substituents is 1. The molecule has 1 rings (SSSR count). The van der Waals surface area contributed by atoms with Crippen molar-refractivity contribution in [2.24, 2.45) is 0 Å². The Balaban J connectivity index is 0.000000367. The lowest BCUT2D eigenvalue weighted by atomic mass is 10.1. The summed E-state index contributed by atoms with van der Waals surface area (Å²) in [5, 5.41) is 8.99. The molecule has 0 radical (unpaired) electrons. The van der Waals surface area contributed by atoms with Gasteiger partial charge >= 0.3 is 0 Å². The maximum atomic E-state index is 10.0. The molecule has 0 heterocycles. The summed E-state index contributed by atoms with van der Waals surface area (Å²) in [7, 11) is 1.52. The molecule has 0 unspecified atom stereocenters. The van der Waals surface area contributed by atoms with E-state index in [2.05, 4.69) is 19.9 Å². The number of carbonyl (C=O) groups is 1. The number of allylic oxidation sites excluding steroid dienone is 4. The minimum atomic E-state index is 0.181. The smallest absolute Gasteiger partial charge is 0.160 e. The number of benzene rings is 1. The van der Waals surface area contributed by atoms with Crippen LogP contribution < -0.4 is 4.74 Å². The minimum absolute atomic E-state index is 0.181. The molecule has 1 aromatic rings. The standard InChI is InChI=1S/C10H16O.C7H8O2/c1-9(2)5-4-6-10(3)7-8-11;1-9-7-5-3-2-4-6(7)8/h5,7-8H,4,6H2,1-3H3;2-5,8H,1H3/b10-7+;. The lowest BCUT2D eigenvalue weighted by Crippen LogP contribution is -1.80. The molecule has 1 aromatic carbocycles. The summed E-state index contributed by atoms with van der Waals surface area (Å²) >= 11 is 0. The van der Waals surface area contributed by atoms with E-state index in [0.717, 1.165) is 24.7 Å². The third kappa shape index (κ3) is 8.97. The zero-order chi connectivity index (χ0) is 15.4. The van der Waals surface area contributed by atoms with E-state index in [1.807, 2.05) is 6.92 Å². The van der Waals surface area contributed by atoms with Gasteiger partial charge < -0.3 is 9.84 Å². The maximum absolute atomic E-state index is 10.0. The van der Waals surface area contributed by atoms with Crippen LogP contribution in [0.1, 0.15) is 33.6 Å². The molecule has 20 heavy (non-hydrogen) atoms. The number of ether oxygens (including phenoxy) is 1. The van der Waals surface area contributed by atoms with Crippen LogP contribution >= 0.6 is 0 Å². The van der Waals surface area contributed by atoms with Crippen molar-refractivity contribution in [1.29, 1.82) is 0 Å². The van der Waals surface area contributed by atoms with Crippen LogP contribution in [-0.2, 0) is 4.79 Å². The maximum Gasteiger partial charge on any atom is 0.160 e. The van der Waals surface area contributed by atoms with Gasteiger partial charge in [-0.3, -0.25) is 4.79 Å². The number of hydrogen-bond donors (Lipinski definition) is 1. The number of methoxy groups -OCH3 is 1. The van der Waals surface area contributed by atoms with Gasteiger partial charge in [-0.25, -0.2) is 0 Å². The van der Waals surface area contributed by atoms with E-state index in [4.69, 9.17) is 9.84 Å². The van der Waals surface area contributed by atoms with Crippen molar-refractivity contribution in [3.8, 4) is 11.5 Å². The normalized spacial score (nSPS) is 10.1. The van der Waals surface area contributed by atoms with Crippen molar-refractivity contribution in [2.45, 2.75) is 33.6 Å². The Morgan fingerprint density at radius 1 is 1.25 bits per heavy atom. The van der Waals surface area contributed by atoms with Gasteiger partial charge in [-0.05, 0) is 51.8 Å². The van der Waals surface area contributed by atoms with Crippen molar-refractivity contribution in [2.75, 3.05) is 7.11 Å². The van der Waals surface area contributed by atoms with Gasteiger partial charge in [0.05, 0.1) is 7.11 Å². The number of hydrogen-bond acceptors (Lipinski definition) is 3. The molecular formula is C17H24O3. The second-order valence-corrected chi connectivity index (χ2v) is 4.64. The summed E-state index contributed by atoms with van der Waals surface area (Å²) in [6, 6.07) is 6.84. The van der Waals surface area contributed by atoms with Gasteiger partial charge in [-0.2, -0.15) is 0 Å². The Morgan fingerprint density at radius 2 is 1.90 bits per heavy atom. The quantitative estimate of drug-likeness (QED) is 0.496. The molecule has 0 fully saturated rings. The highest BCUT2D eigenvalue weighted by atomic mass is 16.5. The summed E-state index contributed by atoms with van der Waals surface area (Å²) in [4.78, 5) is 10.0. The Kier molecular flexibility index (Phi) is 9.75. The minimum Gasteiger partial charge on any atom is -0.504 e. The molecule has 3 nitrogen and oxygen atoms in total. The van der Waals surface area contributed by atoms with Crippen LogP contribution in [0.15, 0.2) is 47.6 Å². The summed E-state index contributed by atoms with van der Waals surface area (Å²) in [5.41, 5.74) is 2.49. The topological polar surface area (TPSA) is 46.5 Å². The first kappa shape index (κ1) is 18.0. The average molecular weight is 276 g/mol. The molecule has 0 spiro atoms. The van der Waals surface area contributed by atoms with Gasteiger partial charge in [0, 0.05) is 0 Å². The van der Waals surface area contributed by atoms with Crippen LogP contribution in [0.2, 0.25) is 0 Å². The Morgan fingerprint density at radius 3 is 2.35 bits per heavy atom. The first-order valence-corrected chi connectivity index (χ1v) is 6.57. The number of aldehydes is 1. The Bertz CT molecular complexity index is 455. The third-order valence-corrected chi connectivity index (χ3v) is 2.53. The monoisotopic (exact) mass is 276 g/mol. The molecule has 0 atom stereocenters. The summed E-state index contributed by atoms with van der Waals surface area (Å²) in [5.74, 6) is 0.692. The number of carbonyl (C=O) groups excluding carboxylic acids is 1. The summed E-state index contributed by atoms with van der Waals surface area (Å²) in [6.45, 7) is 6.14. The molecular weight excluding hydrogens is 252 g/mol. The first-order chi connectivity index (χ1) is 9.51. The highest BCUT2D eigenvalue weighted by Crippen LogP contribution is 2.23. The Hall–Kier alpha value is -2.03. The zero-order valence-corrected chi connectivity index (χ0v) is 12.7. The molecule has 0 aromatic heterocycles. The van der Waals surface area contributed by atoms with Crippen molar-refractivity contribution >= 4 is 6.29 Å². The van der Waals surface area contributed by atoms with Crippen molar-refractivity contribution in [3.05, 3.63) is 47.6 Å². The van der Waals surface area contributed by atoms with Gasteiger partial charge in [0.15, 0.2) is 11.5 Å². The summed E-state index contributed by atoms with van der Waals surface area (Å²) in [6.07, 6.45) is 6.68. The molecule has 0 bridgehead atoms. The predicted molar refractivity (Wildman–Crippen MR) is 83.1 cm³/mol. The molecule has 0 saturated heterocycles. The van der Waals surface area contributed by atoms with Gasteiger partial charge in [0.25, 0.3) is 0 Å².